The third-order valence-electron chi connectivity index (χ3n) is 3.44. The number of Topliss-reactive ketones (excluding diaryl/α,β-unsaturated/α-hetero) is 1. The zero-order valence-corrected chi connectivity index (χ0v) is 9.86. The van der Waals surface area contributed by atoms with Crippen LogP contribution in [-0.2, 0) is 0 Å². The normalized spacial score (nSPS) is 21.9. The van der Waals surface area contributed by atoms with Crippen molar-refractivity contribution in [3.63, 3.8) is 0 Å². The lowest BCUT2D eigenvalue weighted by atomic mass is 9.96. The number of hydrogen-bond acceptors (Lipinski definition) is 2. The van der Waals surface area contributed by atoms with Crippen molar-refractivity contribution in [1.29, 1.82) is 0 Å². The third-order valence-corrected chi connectivity index (χ3v) is 3.44. The third kappa shape index (κ3) is 2.70. The van der Waals surface area contributed by atoms with Gasteiger partial charge in [-0.3, -0.25) is 4.79 Å². The maximum Gasteiger partial charge on any atom is 0.164 e. The van der Waals surface area contributed by atoms with E-state index in [2.05, 4.69) is 11.9 Å². The highest BCUT2D eigenvalue weighted by molar-refractivity contribution is 5.96. The number of piperidine rings is 1. The molecule has 1 saturated heterocycles. The highest BCUT2D eigenvalue weighted by Gasteiger charge is 2.21. The molecule has 0 spiro atoms. The minimum absolute atomic E-state index is 0.277. The predicted octanol–water partition coefficient (Wildman–Crippen LogP) is 2.74. The fourth-order valence-electron chi connectivity index (χ4n) is 2.36. The molecule has 0 amide bonds. The second kappa shape index (κ2) is 5.26. The quantitative estimate of drug-likeness (QED) is 0.726. The maximum atomic E-state index is 12.0. The Bertz CT molecular complexity index is 347. The Kier molecular flexibility index (Phi) is 3.73. The van der Waals surface area contributed by atoms with Gasteiger partial charge >= 0.3 is 0 Å². The van der Waals surface area contributed by atoms with Crippen LogP contribution in [0.25, 0.3) is 0 Å². The molecule has 1 heterocycles. The number of benzene rings is 1. The summed E-state index contributed by atoms with van der Waals surface area (Å²) in [6.07, 6.45) is 4.36. The fraction of sp³-hybridized carbons (Fsp3) is 0.500. The van der Waals surface area contributed by atoms with Gasteiger partial charge in [-0.15, -0.1) is 0 Å². The van der Waals surface area contributed by atoms with Crippen molar-refractivity contribution in [1.82, 2.24) is 4.90 Å². The van der Waals surface area contributed by atoms with Gasteiger partial charge in [-0.05, 0) is 26.4 Å². The van der Waals surface area contributed by atoms with Gasteiger partial charge < -0.3 is 4.90 Å². The van der Waals surface area contributed by atoms with Crippen LogP contribution in [0.2, 0.25) is 0 Å². The molecule has 1 atom stereocenters. The zero-order chi connectivity index (χ0) is 11.4. The van der Waals surface area contributed by atoms with Crippen molar-refractivity contribution in [2.75, 3.05) is 13.6 Å². The molecule has 86 valence electrons. The molecule has 1 aromatic carbocycles. The molecule has 1 fully saturated rings. The Labute approximate surface area is 97.3 Å². The van der Waals surface area contributed by atoms with E-state index in [1.165, 1.54) is 12.8 Å². The maximum absolute atomic E-state index is 12.0. The zero-order valence-electron chi connectivity index (χ0n) is 9.86. The summed E-state index contributed by atoms with van der Waals surface area (Å²) in [6, 6.07) is 10.1. The average molecular weight is 217 g/mol. The first-order valence-electron chi connectivity index (χ1n) is 6.06. The lowest BCUT2D eigenvalue weighted by Crippen LogP contribution is -2.37. The summed E-state index contributed by atoms with van der Waals surface area (Å²) in [5, 5.41) is 0. The largest absolute Gasteiger partial charge is 0.303 e. The Hall–Kier alpha value is -1.15. The van der Waals surface area contributed by atoms with Gasteiger partial charge in [0.2, 0.25) is 0 Å². The summed E-state index contributed by atoms with van der Waals surface area (Å²) >= 11 is 0. The highest BCUT2D eigenvalue weighted by atomic mass is 16.1. The summed E-state index contributed by atoms with van der Waals surface area (Å²) in [6.45, 7) is 1.13. The van der Waals surface area contributed by atoms with Gasteiger partial charge in [0, 0.05) is 18.0 Å². The van der Waals surface area contributed by atoms with E-state index in [9.17, 15) is 4.79 Å². The lowest BCUT2D eigenvalue weighted by Gasteiger charge is -2.31. The fourth-order valence-corrected chi connectivity index (χ4v) is 2.36. The second-order valence-electron chi connectivity index (χ2n) is 4.62. The van der Waals surface area contributed by atoms with Crippen LogP contribution in [0.4, 0.5) is 0 Å². The summed E-state index contributed by atoms with van der Waals surface area (Å²) in [4.78, 5) is 14.4. The van der Waals surface area contributed by atoms with Crippen LogP contribution in [0.15, 0.2) is 30.3 Å². The van der Waals surface area contributed by atoms with Gasteiger partial charge in [0.05, 0.1) is 0 Å². The van der Waals surface area contributed by atoms with Crippen molar-refractivity contribution >= 4 is 5.78 Å². The van der Waals surface area contributed by atoms with E-state index < -0.39 is 0 Å². The second-order valence-corrected chi connectivity index (χ2v) is 4.62. The Morgan fingerprint density at radius 3 is 2.75 bits per heavy atom. The molecular weight excluding hydrogens is 198 g/mol. The number of likely N-dealkylation sites (tertiary alicyclic amines) is 1. The number of carbonyl (C=O) groups excluding carboxylic acids is 1. The topological polar surface area (TPSA) is 20.3 Å². The summed E-state index contributed by atoms with van der Waals surface area (Å²) in [7, 11) is 2.13. The molecule has 2 heteroatoms. The lowest BCUT2D eigenvalue weighted by molar-refractivity contribution is 0.0906. The summed E-state index contributed by atoms with van der Waals surface area (Å²) in [5.74, 6) is 0.277. The molecule has 0 aromatic heterocycles. The molecule has 1 aromatic rings. The number of rotatable bonds is 3. The monoisotopic (exact) mass is 217 g/mol. The van der Waals surface area contributed by atoms with E-state index >= 15 is 0 Å². The molecule has 0 N–H and O–H groups in total. The molecule has 2 rings (SSSR count). The molecule has 0 radical (unpaired) electrons. The van der Waals surface area contributed by atoms with Crippen LogP contribution in [0.1, 0.15) is 36.0 Å². The van der Waals surface area contributed by atoms with Crippen LogP contribution in [0.5, 0.6) is 0 Å². The van der Waals surface area contributed by atoms with Crippen LogP contribution in [0.3, 0.4) is 0 Å². The number of carbonyl (C=O) groups is 1. The molecule has 16 heavy (non-hydrogen) atoms. The average Bonchev–Trinajstić information content (AvgIpc) is 2.33. The number of hydrogen-bond donors (Lipinski definition) is 0. The Balaban J connectivity index is 1.96. The van der Waals surface area contributed by atoms with Gasteiger partial charge in [-0.25, -0.2) is 0 Å². The smallest absolute Gasteiger partial charge is 0.164 e. The predicted molar refractivity (Wildman–Crippen MR) is 65.7 cm³/mol. The van der Waals surface area contributed by atoms with Gasteiger partial charge in [-0.1, -0.05) is 36.8 Å². The van der Waals surface area contributed by atoms with Crippen molar-refractivity contribution in [3.05, 3.63) is 35.9 Å². The summed E-state index contributed by atoms with van der Waals surface area (Å²) < 4.78 is 0. The van der Waals surface area contributed by atoms with E-state index in [-0.39, 0.29) is 5.78 Å². The summed E-state index contributed by atoms with van der Waals surface area (Å²) in [5.41, 5.74) is 0.849. The van der Waals surface area contributed by atoms with Crippen molar-refractivity contribution in [2.24, 2.45) is 0 Å². The SMILES string of the molecule is CN1CCCCC1CC(=O)c1ccccc1. The van der Waals surface area contributed by atoms with Crippen molar-refractivity contribution in [2.45, 2.75) is 31.7 Å². The van der Waals surface area contributed by atoms with E-state index in [1.807, 2.05) is 30.3 Å². The van der Waals surface area contributed by atoms with E-state index in [1.54, 1.807) is 0 Å². The minimum atomic E-state index is 0.277. The molecule has 1 unspecified atom stereocenters. The van der Waals surface area contributed by atoms with Crippen LogP contribution in [0, 0.1) is 0 Å². The van der Waals surface area contributed by atoms with Gasteiger partial charge in [-0.2, -0.15) is 0 Å². The molecule has 0 bridgehead atoms. The first kappa shape index (κ1) is 11.3. The van der Waals surface area contributed by atoms with E-state index in [4.69, 9.17) is 0 Å². The Morgan fingerprint density at radius 2 is 2.06 bits per heavy atom. The van der Waals surface area contributed by atoms with Gasteiger partial charge in [0.1, 0.15) is 0 Å². The highest BCUT2D eigenvalue weighted by Crippen LogP contribution is 2.19. The van der Waals surface area contributed by atoms with Gasteiger partial charge in [0.15, 0.2) is 5.78 Å². The first-order valence-corrected chi connectivity index (χ1v) is 6.06. The molecule has 2 nitrogen and oxygen atoms in total. The molecule has 0 aliphatic carbocycles. The molecule has 1 aliphatic heterocycles. The number of nitrogens with zero attached hydrogens (tertiary/aromatic N) is 1. The van der Waals surface area contributed by atoms with E-state index in [0.717, 1.165) is 18.5 Å². The van der Waals surface area contributed by atoms with Crippen LogP contribution >= 0.6 is 0 Å². The van der Waals surface area contributed by atoms with Crippen molar-refractivity contribution in [3.8, 4) is 0 Å². The van der Waals surface area contributed by atoms with Crippen LogP contribution in [-0.4, -0.2) is 30.3 Å². The van der Waals surface area contributed by atoms with Crippen LogP contribution < -0.4 is 0 Å². The van der Waals surface area contributed by atoms with Crippen molar-refractivity contribution < 1.29 is 4.79 Å². The standard InChI is InChI=1S/C14H19NO/c1-15-10-6-5-9-13(15)11-14(16)12-7-3-2-4-8-12/h2-4,7-8,13H,5-6,9-11H2,1H3. The minimum Gasteiger partial charge on any atom is -0.303 e. The molecule has 1 aliphatic rings. The van der Waals surface area contributed by atoms with E-state index in [0.29, 0.717) is 12.5 Å². The molecular formula is C14H19NO. The number of ketones is 1. The van der Waals surface area contributed by atoms with Gasteiger partial charge in [0.25, 0.3) is 0 Å². The Morgan fingerprint density at radius 1 is 1.31 bits per heavy atom. The first-order chi connectivity index (χ1) is 7.77. The molecule has 0 saturated carbocycles.